The Labute approximate surface area is 247 Å². The molecule has 12 heteroatoms. The average Bonchev–Trinajstić information content (AvgIpc) is 3.21. The van der Waals surface area contributed by atoms with E-state index in [4.69, 9.17) is 39.5 Å². The maximum atomic E-state index is 13.6. The van der Waals surface area contributed by atoms with Crippen LogP contribution in [0, 0.1) is 13.8 Å². The van der Waals surface area contributed by atoms with Crippen LogP contribution in [0.3, 0.4) is 0 Å². The van der Waals surface area contributed by atoms with Crippen LogP contribution in [0.5, 0.6) is 5.75 Å². The van der Waals surface area contributed by atoms with Crippen molar-refractivity contribution in [2.45, 2.75) is 18.7 Å². The molecule has 1 heterocycles. The normalized spacial score (nSPS) is 11.6. The van der Waals surface area contributed by atoms with Gasteiger partial charge in [-0.2, -0.15) is 5.10 Å². The molecule has 1 amide bonds. The second-order valence-electron chi connectivity index (χ2n) is 8.69. The van der Waals surface area contributed by atoms with Gasteiger partial charge in [0.1, 0.15) is 12.3 Å². The van der Waals surface area contributed by atoms with E-state index in [1.165, 1.54) is 37.6 Å². The van der Waals surface area contributed by atoms with E-state index >= 15 is 0 Å². The molecule has 40 heavy (non-hydrogen) atoms. The Morgan fingerprint density at radius 3 is 2.38 bits per heavy atom. The van der Waals surface area contributed by atoms with Crippen molar-refractivity contribution in [3.63, 3.8) is 0 Å². The minimum atomic E-state index is -4.17. The third kappa shape index (κ3) is 6.28. The van der Waals surface area contributed by atoms with Crippen molar-refractivity contribution < 1.29 is 17.9 Å². The number of sulfonamides is 1. The lowest BCUT2D eigenvalue weighted by molar-refractivity contribution is -0.119. The molecule has 0 fully saturated rings. The van der Waals surface area contributed by atoms with Crippen LogP contribution in [0.1, 0.15) is 17.0 Å². The molecular formula is C28H25Cl3N4O4S. The molecule has 1 N–H and O–H groups in total. The number of anilines is 1. The number of halogens is 3. The third-order valence-corrected chi connectivity index (χ3v) is 8.60. The largest absolute Gasteiger partial charge is 0.495 e. The second-order valence-corrected chi connectivity index (χ2v) is 11.8. The van der Waals surface area contributed by atoms with Crippen LogP contribution >= 0.6 is 34.8 Å². The molecule has 0 radical (unpaired) electrons. The van der Waals surface area contributed by atoms with Gasteiger partial charge in [-0.15, -0.1) is 0 Å². The fraction of sp³-hybridized carbons (Fsp3) is 0.143. The van der Waals surface area contributed by atoms with Crippen LogP contribution in [0.4, 0.5) is 5.69 Å². The number of aromatic nitrogens is 1. The lowest BCUT2D eigenvalue weighted by Crippen LogP contribution is -2.39. The summed E-state index contributed by atoms with van der Waals surface area (Å²) in [5.41, 5.74) is 5.66. The van der Waals surface area contributed by atoms with Gasteiger partial charge in [0.25, 0.3) is 15.9 Å². The number of rotatable bonds is 9. The summed E-state index contributed by atoms with van der Waals surface area (Å²) < 4.78 is 35.4. The quantitative estimate of drug-likeness (QED) is 0.173. The molecule has 0 aliphatic carbocycles. The first-order chi connectivity index (χ1) is 19.0. The van der Waals surface area contributed by atoms with Crippen LogP contribution in [0.25, 0.3) is 5.69 Å². The predicted molar refractivity (Wildman–Crippen MR) is 160 cm³/mol. The Balaban J connectivity index is 1.61. The van der Waals surface area contributed by atoms with Crippen LogP contribution < -0.4 is 14.5 Å². The number of nitrogens with zero attached hydrogens (tertiary/aromatic N) is 3. The molecule has 0 atom stereocenters. The first kappa shape index (κ1) is 29.5. The van der Waals surface area contributed by atoms with Gasteiger partial charge >= 0.3 is 0 Å². The van der Waals surface area contributed by atoms with Gasteiger partial charge in [-0.3, -0.25) is 9.10 Å². The molecule has 0 saturated carbocycles. The van der Waals surface area contributed by atoms with Crippen molar-refractivity contribution in [2.24, 2.45) is 5.10 Å². The standard InChI is InChI=1S/C28H25Cl3N4O4S/c1-18-13-20(19(2)35(18)25-14-21(29)9-11-24(25)31)16-32-33-28(36)17-34(26-15-22(30)10-12-27(26)39-3)40(37,38)23-7-5-4-6-8-23/h4-16H,17H2,1-3H3,(H,33,36)/b32-16-. The van der Waals surface area contributed by atoms with E-state index in [-0.39, 0.29) is 21.4 Å². The molecule has 3 aromatic carbocycles. The molecule has 0 saturated heterocycles. The Bertz CT molecular complexity index is 1690. The molecule has 0 bridgehead atoms. The van der Waals surface area contributed by atoms with Crippen LogP contribution in [-0.2, 0) is 14.8 Å². The summed E-state index contributed by atoms with van der Waals surface area (Å²) in [6, 6.07) is 19.4. The van der Waals surface area contributed by atoms with Crippen molar-refractivity contribution >= 4 is 62.6 Å². The van der Waals surface area contributed by atoms with Crippen molar-refractivity contribution in [3.8, 4) is 11.4 Å². The summed E-state index contributed by atoms with van der Waals surface area (Å²) in [6.07, 6.45) is 1.48. The van der Waals surface area contributed by atoms with E-state index in [0.29, 0.717) is 15.7 Å². The lowest BCUT2D eigenvalue weighted by atomic mass is 10.2. The van der Waals surface area contributed by atoms with Gasteiger partial charge in [-0.05, 0) is 68.4 Å². The van der Waals surface area contributed by atoms with Gasteiger partial charge < -0.3 is 9.30 Å². The van der Waals surface area contributed by atoms with E-state index in [2.05, 4.69) is 10.5 Å². The monoisotopic (exact) mass is 618 g/mol. The molecule has 8 nitrogen and oxygen atoms in total. The predicted octanol–water partition coefficient (Wildman–Crippen LogP) is 6.41. The molecule has 0 unspecified atom stereocenters. The number of nitrogens with one attached hydrogen (secondary N) is 1. The van der Waals surface area contributed by atoms with Crippen LogP contribution in [0.15, 0.2) is 82.8 Å². The summed E-state index contributed by atoms with van der Waals surface area (Å²) >= 11 is 18.7. The van der Waals surface area contributed by atoms with Gasteiger partial charge in [-0.25, -0.2) is 13.8 Å². The molecule has 0 aliphatic rings. The highest BCUT2D eigenvalue weighted by atomic mass is 35.5. The number of aryl methyl sites for hydroxylation is 1. The van der Waals surface area contributed by atoms with E-state index in [9.17, 15) is 13.2 Å². The summed E-state index contributed by atoms with van der Waals surface area (Å²) in [6.45, 7) is 3.21. The molecular weight excluding hydrogens is 595 g/mol. The van der Waals surface area contributed by atoms with E-state index in [1.807, 2.05) is 24.5 Å². The maximum absolute atomic E-state index is 13.6. The molecule has 4 aromatic rings. The van der Waals surface area contributed by atoms with Gasteiger partial charge in [0.15, 0.2) is 0 Å². The number of methoxy groups -OCH3 is 1. The molecule has 208 valence electrons. The Kier molecular flexibility index (Phi) is 9.10. The summed E-state index contributed by atoms with van der Waals surface area (Å²) in [5, 5.41) is 5.42. The first-order valence-corrected chi connectivity index (χ1v) is 14.5. The van der Waals surface area contributed by atoms with Crippen molar-refractivity contribution in [1.82, 2.24) is 9.99 Å². The minimum Gasteiger partial charge on any atom is -0.495 e. The van der Waals surface area contributed by atoms with Gasteiger partial charge in [0, 0.05) is 27.0 Å². The zero-order chi connectivity index (χ0) is 29.0. The van der Waals surface area contributed by atoms with Gasteiger partial charge in [-0.1, -0.05) is 53.0 Å². The number of hydrogen-bond donors (Lipinski definition) is 1. The number of carbonyl (C=O) groups excluding carboxylic acids is 1. The highest BCUT2D eigenvalue weighted by molar-refractivity contribution is 7.92. The van der Waals surface area contributed by atoms with Crippen LogP contribution in [0.2, 0.25) is 15.1 Å². The summed E-state index contributed by atoms with van der Waals surface area (Å²) in [7, 11) is -2.77. The topological polar surface area (TPSA) is 93.0 Å². The third-order valence-electron chi connectivity index (χ3n) is 6.04. The summed E-state index contributed by atoms with van der Waals surface area (Å²) in [5.74, 6) is -0.447. The fourth-order valence-corrected chi connectivity index (χ4v) is 6.14. The molecule has 1 aromatic heterocycles. The van der Waals surface area contributed by atoms with Crippen molar-refractivity contribution in [3.05, 3.63) is 105 Å². The number of hydrogen-bond acceptors (Lipinski definition) is 5. The summed E-state index contributed by atoms with van der Waals surface area (Å²) in [4.78, 5) is 13.0. The van der Waals surface area contributed by atoms with Crippen LogP contribution in [-0.4, -0.2) is 38.8 Å². The van der Waals surface area contributed by atoms with Gasteiger partial charge in [0.2, 0.25) is 0 Å². The highest BCUT2D eigenvalue weighted by Gasteiger charge is 2.29. The first-order valence-electron chi connectivity index (χ1n) is 11.9. The smallest absolute Gasteiger partial charge is 0.264 e. The zero-order valence-electron chi connectivity index (χ0n) is 21.7. The van der Waals surface area contributed by atoms with Gasteiger partial charge in [0.05, 0.1) is 34.6 Å². The number of ether oxygens (including phenoxy) is 1. The van der Waals surface area contributed by atoms with Crippen molar-refractivity contribution in [2.75, 3.05) is 18.0 Å². The van der Waals surface area contributed by atoms with E-state index < -0.39 is 22.5 Å². The average molecular weight is 620 g/mol. The Morgan fingerprint density at radius 1 is 1.00 bits per heavy atom. The molecule has 0 spiro atoms. The highest BCUT2D eigenvalue weighted by Crippen LogP contribution is 2.35. The molecule has 0 aliphatic heterocycles. The minimum absolute atomic E-state index is 0.000413. The fourth-order valence-electron chi connectivity index (χ4n) is 4.16. The number of hydrazone groups is 1. The van der Waals surface area contributed by atoms with E-state index in [1.54, 1.807) is 42.5 Å². The van der Waals surface area contributed by atoms with Crippen molar-refractivity contribution in [1.29, 1.82) is 0 Å². The maximum Gasteiger partial charge on any atom is 0.264 e. The second kappa shape index (κ2) is 12.3. The SMILES string of the molecule is COc1ccc(Cl)cc1N(CC(=O)N/N=C\c1cc(C)n(-c2cc(Cl)ccc2Cl)c1C)S(=O)(=O)c1ccccc1. The lowest BCUT2D eigenvalue weighted by Gasteiger charge is -2.25. The number of benzene rings is 3. The number of amides is 1. The Morgan fingerprint density at radius 2 is 1.68 bits per heavy atom. The molecule has 4 rings (SSSR count). The Hall–Kier alpha value is -3.50. The zero-order valence-corrected chi connectivity index (χ0v) is 24.8. The van der Waals surface area contributed by atoms with E-state index in [0.717, 1.165) is 21.3 Å². The number of carbonyl (C=O) groups is 1.